The first-order valence-electron chi connectivity index (χ1n) is 8.36. The normalized spacial score (nSPS) is 29.1. The molecule has 0 aromatic carbocycles. The Morgan fingerprint density at radius 2 is 2.00 bits per heavy atom. The fourth-order valence-electron chi connectivity index (χ4n) is 3.62. The quantitative estimate of drug-likeness (QED) is 0.833. The Kier molecular flexibility index (Phi) is 7.03. The standard InChI is InChI=1S/C16H32N2S/c1-3-19-13-14(2)18-11-7-10-17-16(12-18)15-8-5-4-6-9-15/h14-17H,3-13H2,1-2H3. The van der Waals surface area contributed by atoms with Crippen LogP contribution in [0.1, 0.15) is 52.4 Å². The molecule has 0 bridgehead atoms. The molecule has 3 heteroatoms. The number of nitrogens with one attached hydrogen (secondary N) is 1. The Balaban J connectivity index is 1.86. The van der Waals surface area contributed by atoms with Gasteiger partial charge in [0.15, 0.2) is 0 Å². The summed E-state index contributed by atoms with van der Waals surface area (Å²) in [6, 6.07) is 1.51. The SMILES string of the molecule is CCSCC(C)N1CCCNC(C2CCCCC2)C1. The van der Waals surface area contributed by atoms with E-state index >= 15 is 0 Å². The van der Waals surface area contributed by atoms with Gasteiger partial charge in [-0.1, -0.05) is 26.2 Å². The minimum atomic E-state index is 0.746. The predicted octanol–water partition coefficient (Wildman–Crippen LogP) is 3.37. The highest BCUT2D eigenvalue weighted by molar-refractivity contribution is 7.99. The fourth-order valence-corrected chi connectivity index (χ4v) is 4.41. The summed E-state index contributed by atoms with van der Waals surface area (Å²) >= 11 is 2.09. The lowest BCUT2D eigenvalue weighted by Gasteiger charge is -2.35. The Labute approximate surface area is 124 Å². The Morgan fingerprint density at radius 3 is 2.74 bits per heavy atom. The zero-order valence-electron chi connectivity index (χ0n) is 12.9. The van der Waals surface area contributed by atoms with Crippen LogP contribution in [0.5, 0.6) is 0 Å². The Morgan fingerprint density at radius 1 is 1.21 bits per heavy atom. The largest absolute Gasteiger partial charge is 0.312 e. The fraction of sp³-hybridized carbons (Fsp3) is 1.00. The third kappa shape index (κ3) is 4.95. The van der Waals surface area contributed by atoms with E-state index in [-0.39, 0.29) is 0 Å². The van der Waals surface area contributed by atoms with Gasteiger partial charge in [-0.2, -0.15) is 11.8 Å². The molecule has 1 saturated heterocycles. The van der Waals surface area contributed by atoms with Gasteiger partial charge in [0, 0.05) is 24.4 Å². The van der Waals surface area contributed by atoms with Crippen molar-refractivity contribution in [2.75, 3.05) is 31.1 Å². The lowest BCUT2D eigenvalue weighted by atomic mass is 9.83. The van der Waals surface area contributed by atoms with Gasteiger partial charge in [0.1, 0.15) is 0 Å². The molecule has 2 aliphatic rings. The van der Waals surface area contributed by atoms with Gasteiger partial charge in [0.2, 0.25) is 0 Å². The summed E-state index contributed by atoms with van der Waals surface area (Å²) in [6.45, 7) is 8.50. The van der Waals surface area contributed by atoms with Crippen LogP contribution in [0, 0.1) is 5.92 Å². The van der Waals surface area contributed by atoms with Gasteiger partial charge in [-0.3, -0.25) is 4.90 Å². The van der Waals surface area contributed by atoms with Crippen LogP contribution in [-0.4, -0.2) is 48.1 Å². The van der Waals surface area contributed by atoms with Gasteiger partial charge in [-0.05, 0) is 50.9 Å². The van der Waals surface area contributed by atoms with Crippen LogP contribution < -0.4 is 5.32 Å². The maximum Gasteiger partial charge on any atom is 0.0223 e. The second-order valence-electron chi connectivity index (χ2n) is 6.32. The maximum atomic E-state index is 3.84. The molecule has 2 fully saturated rings. The molecule has 1 heterocycles. The highest BCUT2D eigenvalue weighted by atomic mass is 32.2. The second-order valence-corrected chi connectivity index (χ2v) is 7.63. The van der Waals surface area contributed by atoms with Gasteiger partial charge in [0.25, 0.3) is 0 Å². The average molecular weight is 285 g/mol. The van der Waals surface area contributed by atoms with Crippen LogP contribution >= 0.6 is 11.8 Å². The van der Waals surface area contributed by atoms with Gasteiger partial charge >= 0.3 is 0 Å². The molecule has 1 aliphatic carbocycles. The first-order chi connectivity index (χ1) is 9.31. The first kappa shape index (κ1) is 15.7. The molecule has 19 heavy (non-hydrogen) atoms. The maximum absolute atomic E-state index is 3.84. The monoisotopic (exact) mass is 284 g/mol. The van der Waals surface area contributed by atoms with Crippen LogP contribution in [0.4, 0.5) is 0 Å². The molecular weight excluding hydrogens is 252 g/mol. The number of hydrogen-bond acceptors (Lipinski definition) is 3. The third-order valence-electron chi connectivity index (χ3n) is 4.87. The Hall–Kier alpha value is 0.270. The number of nitrogens with zero attached hydrogens (tertiary/aromatic N) is 1. The zero-order chi connectivity index (χ0) is 13.5. The molecule has 2 nitrogen and oxygen atoms in total. The van der Waals surface area contributed by atoms with Gasteiger partial charge in [0.05, 0.1) is 0 Å². The van der Waals surface area contributed by atoms with E-state index in [1.54, 1.807) is 0 Å². The predicted molar refractivity (Wildman–Crippen MR) is 87.0 cm³/mol. The van der Waals surface area contributed by atoms with Crippen molar-refractivity contribution in [3.05, 3.63) is 0 Å². The van der Waals surface area contributed by atoms with E-state index in [0.717, 1.165) is 18.0 Å². The van der Waals surface area contributed by atoms with Crippen molar-refractivity contribution in [3.8, 4) is 0 Å². The molecule has 1 saturated carbocycles. The molecule has 0 amide bonds. The summed E-state index contributed by atoms with van der Waals surface area (Å²) in [5, 5.41) is 3.84. The van der Waals surface area contributed by atoms with E-state index in [2.05, 4.69) is 35.8 Å². The zero-order valence-corrected chi connectivity index (χ0v) is 13.7. The van der Waals surface area contributed by atoms with E-state index in [4.69, 9.17) is 0 Å². The summed E-state index contributed by atoms with van der Waals surface area (Å²) in [7, 11) is 0. The number of rotatable bonds is 5. The van der Waals surface area contributed by atoms with Crippen LogP contribution in [0.2, 0.25) is 0 Å². The van der Waals surface area contributed by atoms with Gasteiger partial charge < -0.3 is 5.32 Å². The van der Waals surface area contributed by atoms with E-state index < -0.39 is 0 Å². The summed E-state index contributed by atoms with van der Waals surface area (Å²) in [6.07, 6.45) is 8.64. The van der Waals surface area contributed by atoms with E-state index in [1.807, 2.05) is 0 Å². The minimum Gasteiger partial charge on any atom is -0.312 e. The van der Waals surface area contributed by atoms with Crippen LogP contribution in [-0.2, 0) is 0 Å². The summed E-state index contributed by atoms with van der Waals surface area (Å²) in [5.41, 5.74) is 0. The smallest absolute Gasteiger partial charge is 0.0223 e. The van der Waals surface area contributed by atoms with E-state index in [0.29, 0.717) is 0 Å². The van der Waals surface area contributed by atoms with Crippen molar-refractivity contribution >= 4 is 11.8 Å². The lowest BCUT2D eigenvalue weighted by Crippen LogP contribution is -2.46. The molecule has 2 rings (SSSR count). The van der Waals surface area contributed by atoms with Crippen molar-refractivity contribution in [2.24, 2.45) is 5.92 Å². The lowest BCUT2D eigenvalue weighted by molar-refractivity contribution is 0.180. The van der Waals surface area contributed by atoms with Crippen molar-refractivity contribution in [1.29, 1.82) is 0 Å². The Bertz CT molecular complexity index is 241. The molecule has 1 aliphatic heterocycles. The molecular formula is C16H32N2S. The molecule has 1 N–H and O–H groups in total. The van der Waals surface area contributed by atoms with Crippen molar-refractivity contribution in [2.45, 2.75) is 64.5 Å². The van der Waals surface area contributed by atoms with Crippen molar-refractivity contribution < 1.29 is 0 Å². The highest BCUT2D eigenvalue weighted by Gasteiger charge is 2.28. The molecule has 112 valence electrons. The molecule has 0 radical (unpaired) electrons. The van der Waals surface area contributed by atoms with Crippen LogP contribution in [0.3, 0.4) is 0 Å². The summed E-state index contributed by atoms with van der Waals surface area (Å²) in [4.78, 5) is 2.75. The molecule has 0 spiro atoms. The van der Waals surface area contributed by atoms with E-state index in [9.17, 15) is 0 Å². The summed E-state index contributed by atoms with van der Waals surface area (Å²) < 4.78 is 0. The molecule has 2 atom stereocenters. The van der Waals surface area contributed by atoms with E-state index in [1.165, 1.54) is 69.7 Å². The van der Waals surface area contributed by atoms with Gasteiger partial charge in [-0.25, -0.2) is 0 Å². The summed E-state index contributed by atoms with van der Waals surface area (Å²) in [5.74, 6) is 3.50. The van der Waals surface area contributed by atoms with Crippen LogP contribution in [0.15, 0.2) is 0 Å². The average Bonchev–Trinajstić information content (AvgIpc) is 2.71. The number of thioether (sulfide) groups is 1. The number of hydrogen-bond donors (Lipinski definition) is 1. The molecule has 2 unspecified atom stereocenters. The van der Waals surface area contributed by atoms with Crippen molar-refractivity contribution in [3.63, 3.8) is 0 Å². The first-order valence-corrected chi connectivity index (χ1v) is 9.52. The van der Waals surface area contributed by atoms with Gasteiger partial charge in [-0.15, -0.1) is 0 Å². The second kappa shape index (κ2) is 8.53. The van der Waals surface area contributed by atoms with Crippen molar-refractivity contribution in [1.82, 2.24) is 10.2 Å². The minimum absolute atomic E-state index is 0.746. The third-order valence-corrected chi connectivity index (χ3v) is 5.99. The highest BCUT2D eigenvalue weighted by Crippen LogP contribution is 2.28. The topological polar surface area (TPSA) is 15.3 Å². The van der Waals surface area contributed by atoms with Crippen LogP contribution in [0.25, 0.3) is 0 Å². The molecule has 0 aromatic heterocycles. The molecule has 0 aromatic rings.